The summed E-state index contributed by atoms with van der Waals surface area (Å²) in [7, 11) is 0. The summed E-state index contributed by atoms with van der Waals surface area (Å²) in [4.78, 5) is 11.7. The van der Waals surface area contributed by atoms with Gasteiger partial charge in [-0.15, -0.1) is 0 Å². The predicted octanol–water partition coefficient (Wildman–Crippen LogP) is 3.87. The molecule has 1 atom stereocenters. The first-order valence-corrected chi connectivity index (χ1v) is 7.22. The Morgan fingerprint density at radius 2 is 1.67 bits per heavy atom. The Labute approximate surface area is 137 Å². The molecule has 0 bridgehead atoms. The molecular formula is C17H17F3N2O2. The SMILES string of the molecule is Cc1ccc(NC(=O)NC[C@@H](O)c2ccc(C(F)(F)F)cc2)cc1. The number of hydrogen-bond acceptors (Lipinski definition) is 2. The molecule has 3 N–H and O–H groups in total. The van der Waals surface area contributed by atoms with Gasteiger partial charge in [-0.3, -0.25) is 0 Å². The Hall–Kier alpha value is -2.54. The molecule has 2 aromatic carbocycles. The number of halogens is 3. The summed E-state index contributed by atoms with van der Waals surface area (Å²) >= 11 is 0. The zero-order valence-electron chi connectivity index (χ0n) is 12.9. The fourth-order valence-electron chi connectivity index (χ4n) is 2.01. The van der Waals surface area contributed by atoms with E-state index in [1.54, 1.807) is 12.1 Å². The average Bonchev–Trinajstić information content (AvgIpc) is 2.54. The lowest BCUT2D eigenvalue weighted by atomic mass is 10.1. The fourth-order valence-corrected chi connectivity index (χ4v) is 2.01. The van der Waals surface area contributed by atoms with Crippen molar-refractivity contribution in [2.24, 2.45) is 0 Å². The third-order valence-corrected chi connectivity index (χ3v) is 3.39. The Balaban J connectivity index is 1.87. The van der Waals surface area contributed by atoms with Crippen molar-refractivity contribution in [3.63, 3.8) is 0 Å². The van der Waals surface area contributed by atoms with Crippen LogP contribution in [0.4, 0.5) is 23.7 Å². The molecule has 128 valence electrons. The van der Waals surface area contributed by atoms with Gasteiger partial charge in [0.15, 0.2) is 0 Å². The van der Waals surface area contributed by atoms with Gasteiger partial charge in [0.2, 0.25) is 0 Å². The molecule has 0 aliphatic rings. The predicted molar refractivity (Wildman–Crippen MR) is 84.6 cm³/mol. The summed E-state index contributed by atoms with van der Waals surface area (Å²) in [6, 6.07) is 10.8. The Bertz CT molecular complexity index is 682. The van der Waals surface area contributed by atoms with E-state index in [0.29, 0.717) is 11.3 Å². The molecule has 24 heavy (non-hydrogen) atoms. The lowest BCUT2D eigenvalue weighted by Crippen LogP contribution is -2.32. The number of anilines is 1. The molecule has 0 spiro atoms. The summed E-state index contributed by atoms with van der Waals surface area (Å²) in [5, 5.41) is 15.0. The normalized spacial score (nSPS) is 12.5. The highest BCUT2D eigenvalue weighted by Gasteiger charge is 2.30. The molecule has 0 aromatic heterocycles. The average molecular weight is 338 g/mol. The zero-order valence-corrected chi connectivity index (χ0v) is 12.9. The lowest BCUT2D eigenvalue weighted by molar-refractivity contribution is -0.137. The topological polar surface area (TPSA) is 61.4 Å². The summed E-state index contributed by atoms with van der Waals surface area (Å²) in [6.07, 6.45) is -5.52. The van der Waals surface area contributed by atoms with E-state index in [1.165, 1.54) is 12.1 Å². The van der Waals surface area contributed by atoms with Gasteiger partial charge >= 0.3 is 12.2 Å². The molecular weight excluding hydrogens is 321 g/mol. The number of amides is 2. The molecule has 0 radical (unpaired) electrons. The first-order valence-electron chi connectivity index (χ1n) is 7.22. The molecule has 0 saturated carbocycles. The molecule has 4 nitrogen and oxygen atoms in total. The molecule has 0 saturated heterocycles. The van der Waals surface area contributed by atoms with Gasteiger partial charge in [0.1, 0.15) is 0 Å². The fraction of sp³-hybridized carbons (Fsp3) is 0.235. The van der Waals surface area contributed by atoms with Crippen molar-refractivity contribution in [3.8, 4) is 0 Å². The van der Waals surface area contributed by atoms with Crippen molar-refractivity contribution in [3.05, 3.63) is 65.2 Å². The second-order valence-corrected chi connectivity index (χ2v) is 5.34. The van der Waals surface area contributed by atoms with E-state index in [-0.39, 0.29) is 6.54 Å². The van der Waals surface area contributed by atoms with Crippen molar-refractivity contribution in [1.29, 1.82) is 0 Å². The van der Waals surface area contributed by atoms with Crippen LogP contribution < -0.4 is 10.6 Å². The number of carbonyl (C=O) groups excluding carboxylic acids is 1. The standard InChI is InChI=1S/C17H17F3N2O2/c1-11-2-8-14(9-3-11)22-16(24)21-10-15(23)12-4-6-13(7-5-12)17(18,19)20/h2-9,15,23H,10H2,1H3,(H2,21,22,24)/t15-/m1/s1. The van der Waals surface area contributed by atoms with E-state index in [2.05, 4.69) is 10.6 Å². The number of benzene rings is 2. The molecule has 0 fully saturated rings. The minimum absolute atomic E-state index is 0.122. The van der Waals surface area contributed by atoms with Gasteiger partial charge in [0.05, 0.1) is 11.7 Å². The van der Waals surface area contributed by atoms with E-state index in [0.717, 1.165) is 17.7 Å². The summed E-state index contributed by atoms with van der Waals surface area (Å²) in [5.41, 5.74) is 1.16. The second-order valence-electron chi connectivity index (χ2n) is 5.34. The van der Waals surface area contributed by atoms with Crippen LogP contribution in [0.1, 0.15) is 22.8 Å². The van der Waals surface area contributed by atoms with Crippen molar-refractivity contribution >= 4 is 11.7 Å². The maximum absolute atomic E-state index is 12.5. The van der Waals surface area contributed by atoms with Crippen LogP contribution in [0.5, 0.6) is 0 Å². The highest BCUT2D eigenvalue weighted by atomic mass is 19.4. The molecule has 2 amide bonds. The minimum Gasteiger partial charge on any atom is -0.387 e. The number of urea groups is 1. The van der Waals surface area contributed by atoms with Crippen molar-refractivity contribution in [2.75, 3.05) is 11.9 Å². The first-order chi connectivity index (χ1) is 11.3. The second kappa shape index (κ2) is 7.35. The van der Waals surface area contributed by atoms with Gasteiger partial charge in [-0.1, -0.05) is 29.8 Å². The summed E-state index contributed by atoms with van der Waals surface area (Å²) in [5.74, 6) is 0. The van der Waals surface area contributed by atoms with E-state index in [9.17, 15) is 23.1 Å². The Morgan fingerprint density at radius 3 is 2.21 bits per heavy atom. The van der Waals surface area contributed by atoms with Crippen molar-refractivity contribution < 1.29 is 23.1 Å². The first kappa shape index (κ1) is 17.8. The van der Waals surface area contributed by atoms with Crippen molar-refractivity contribution in [2.45, 2.75) is 19.2 Å². The maximum Gasteiger partial charge on any atom is 0.416 e. The largest absolute Gasteiger partial charge is 0.416 e. The number of nitrogens with one attached hydrogen (secondary N) is 2. The van der Waals surface area contributed by atoms with E-state index >= 15 is 0 Å². The van der Waals surface area contributed by atoms with Gasteiger partial charge in [-0.2, -0.15) is 13.2 Å². The number of rotatable bonds is 4. The monoisotopic (exact) mass is 338 g/mol. The van der Waals surface area contributed by atoms with Gasteiger partial charge in [0.25, 0.3) is 0 Å². The van der Waals surface area contributed by atoms with Crippen LogP contribution in [0.25, 0.3) is 0 Å². The molecule has 7 heteroatoms. The molecule has 0 unspecified atom stereocenters. The van der Waals surface area contributed by atoms with Crippen LogP contribution in [0, 0.1) is 6.92 Å². The minimum atomic E-state index is -4.42. The number of carbonyl (C=O) groups is 1. The number of hydrogen-bond donors (Lipinski definition) is 3. The quantitative estimate of drug-likeness (QED) is 0.792. The third-order valence-electron chi connectivity index (χ3n) is 3.39. The van der Waals surface area contributed by atoms with Gasteiger partial charge in [-0.05, 0) is 36.8 Å². The highest BCUT2D eigenvalue weighted by Crippen LogP contribution is 2.29. The summed E-state index contributed by atoms with van der Waals surface area (Å²) in [6.45, 7) is 1.80. The smallest absolute Gasteiger partial charge is 0.387 e. The van der Waals surface area contributed by atoms with Crippen LogP contribution in [0.3, 0.4) is 0 Å². The van der Waals surface area contributed by atoms with Crippen LogP contribution in [-0.4, -0.2) is 17.7 Å². The molecule has 0 heterocycles. The highest BCUT2D eigenvalue weighted by molar-refractivity contribution is 5.89. The number of aliphatic hydroxyl groups is 1. The van der Waals surface area contributed by atoms with Gasteiger partial charge in [-0.25, -0.2) is 4.79 Å². The van der Waals surface area contributed by atoms with E-state index in [4.69, 9.17) is 0 Å². The van der Waals surface area contributed by atoms with Crippen LogP contribution in [-0.2, 0) is 6.18 Å². The molecule has 0 aliphatic carbocycles. The number of aliphatic hydroxyl groups excluding tert-OH is 1. The molecule has 2 rings (SSSR count). The van der Waals surface area contributed by atoms with Crippen molar-refractivity contribution in [1.82, 2.24) is 5.32 Å². The van der Waals surface area contributed by atoms with Crippen LogP contribution in [0.15, 0.2) is 48.5 Å². The van der Waals surface area contributed by atoms with Crippen LogP contribution >= 0.6 is 0 Å². The Morgan fingerprint density at radius 1 is 1.08 bits per heavy atom. The molecule has 0 aliphatic heterocycles. The Kier molecular flexibility index (Phi) is 5.46. The summed E-state index contributed by atoms with van der Waals surface area (Å²) < 4.78 is 37.4. The number of aryl methyl sites for hydroxylation is 1. The lowest BCUT2D eigenvalue weighted by Gasteiger charge is -2.14. The van der Waals surface area contributed by atoms with E-state index < -0.39 is 23.9 Å². The third kappa shape index (κ3) is 4.99. The maximum atomic E-state index is 12.5. The zero-order chi connectivity index (χ0) is 17.7. The molecule has 2 aromatic rings. The van der Waals surface area contributed by atoms with Gasteiger partial charge in [0, 0.05) is 12.2 Å². The van der Waals surface area contributed by atoms with Crippen LogP contribution in [0.2, 0.25) is 0 Å². The number of alkyl halides is 3. The van der Waals surface area contributed by atoms with E-state index in [1.807, 2.05) is 19.1 Å². The van der Waals surface area contributed by atoms with Gasteiger partial charge < -0.3 is 15.7 Å².